The van der Waals surface area contributed by atoms with Gasteiger partial charge in [0.25, 0.3) is 0 Å². The van der Waals surface area contributed by atoms with Gasteiger partial charge in [-0.3, -0.25) is 4.79 Å². The van der Waals surface area contributed by atoms with Gasteiger partial charge in [0.05, 0.1) is 17.9 Å². The number of hydrogen-bond acceptors (Lipinski definition) is 5. The molecule has 0 N–H and O–H groups in total. The molecule has 3 unspecified atom stereocenters. The van der Waals surface area contributed by atoms with Gasteiger partial charge in [-0.15, -0.1) is 13.2 Å². The van der Waals surface area contributed by atoms with Crippen molar-refractivity contribution in [2.24, 2.45) is 11.3 Å². The molecule has 3 fully saturated rings. The summed E-state index contributed by atoms with van der Waals surface area (Å²) in [6, 6.07) is 3.92. The second kappa shape index (κ2) is 7.66. The predicted molar refractivity (Wildman–Crippen MR) is 118 cm³/mol. The van der Waals surface area contributed by atoms with Crippen molar-refractivity contribution in [2.45, 2.75) is 63.2 Å². The van der Waals surface area contributed by atoms with E-state index in [1.807, 2.05) is 13.0 Å². The van der Waals surface area contributed by atoms with Crippen LogP contribution >= 0.6 is 0 Å². The third-order valence-electron chi connectivity index (χ3n) is 7.80. The van der Waals surface area contributed by atoms with Gasteiger partial charge < -0.3 is 23.9 Å². The van der Waals surface area contributed by atoms with Crippen LogP contribution in [0.5, 0.6) is 11.5 Å². The molecule has 2 aliphatic heterocycles. The smallest absolute Gasteiger partial charge is 0.225 e. The second-order valence-corrected chi connectivity index (χ2v) is 9.42. The molecule has 0 bridgehead atoms. The number of aldehydes is 1. The molecule has 0 radical (unpaired) electrons. The molecule has 6 nitrogen and oxygen atoms in total. The Bertz CT molecular complexity index is 896. The molecule has 2 heterocycles. The van der Waals surface area contributed by atoms with Crippen molar-refractivity contribution in [1.29, 1.82) is 0 Å². The van der Waals surface area contributed by atoms with Crippen LogP contribution in [0.4, 0.5) is 0 Å². The molecule has 31 heavy (non-hydrogen) atoms. The lowest BCUT2D eigenvalue weighted by Crippen LogP contribution is -2.65. The number of methoxy groups -OCH3 is 2. The summed E-state index contributed by atoms with van der Waals surface area (Å²) < 4.78 is 18.1. The molecule has 5 atom stereocenters. The zero-order chi connectivity index (χ0) is 22.6. The minimum absolute atomic E-state index is 0.0748. The van der Waals surface area contributed by atoms with E-state index in [-0.39, 0.29) is 35.5 Å². The fraction of sp³-hybridized carbons (Fsp3) is 0.600. The number of hydrogen-bond donors (Lipinski definition) is 0. The summed E-state index contributed by atoms with van der Waals surface area (Å²) in [5.41, 5.74) is 1.18. The zero-order valence-corrected chi connectivity index (χ0v) is 19.0. The van der Waals surface area contributed by atoms with Crippen LogP contribution in [0.15, 0.2) is 25.3 Å². The number of carbonyl (C=O) groups excluding carboxylic acids is 2. The summed E-state index contributed by atoms with van der Waals surface area (Å²) in [5.74, 6) is 1.84. The average Bonchev–Trinajstić information content (AvgIpc) is 3.49. The van der Waals surface area contributed by atoms with E-state index in [4.69, 9.17) is 14.2 Å². The molecule has 168 valence electrons. The van der Waals surface area contributed by atoms with Crippen LogP contribution in [0.3, 0.4) is 0 Å². The van der Waals surface area contributed by atoms with Gasteiger partial charge >= 0.3 is 0 Å². The normalized spacial score (nSPS) is 35.1. The van der Waals surface area contributed by atoms with E-state index < -0.39 is 5.41 Å². The zero-order valence-electron chi connectivity index (χ0n) is 19.0. The van der Waals surface area contributed by atoms with Crippen LogP contribution in [0.25, 0.3) is 0 Å². The molecule has 1 aromatic rings. The first-order chi connectivity index (χ1) is 14.9. The van der Waals surface area contributed by atoms with Crippen molar-refractivity contribution in [3.8, 4) is 11.5 Å². The average molecular weight is 428 g/mol. The minimum Gasteiger partial charge on any atom is -0.493 e. The highest BCUT2D eigenvalue weighted by Crippen LogP contribution is 2.63. The molecular formula is C25H33NO5. The summed E-state index contributed by atoms with van der Waals surface area (Å²) >= 11 is 0. The highest BCUT2D eigenvalue weighted by Gasteiger charge is 2.69. The van der Waals surface area contributed by atoms with Gasteiger partial charge in [-0.1, -0.05) is 13.0 Å². The molecule has 1 amide bonds. The van der Waals surface area contributed by atoms with E-state index in [1.54, 1.807) is 14.2 Å². The molecule has 4 aliphatic rings. The predicted octanol–water partition coefficient (Wildman–Crippen LogP) is 3.44. The molecule has 1 spiro atoms. The summed E-state index contributed by atoms with van der Waals surface area (Å²) in [5, 5.41) is 0. The third kappa shape index (κ3) is 2.87. The van der Waals surface area contributed by atoms with E-state index in [9.17, 15) is 9.59 Å². The molecule has 2 saturated carbocycles. The number of fused-ring (bicyclic) bond motifs is 1. The van der Waals surface area contributed by atoms with E-state index in [1.165, 1.54) is 0 Å². The van der Waals surface area contributed by atoms with Crippen LogP contribution in [-0.2, 0) is 19.7 Å². The monoisotopic (exact) mass is 427 g/mol. The Morgan fingerprint density at radius 2 is 2.00 bits per heavy atom. The minimum atomic E-state index is -0.719. The number of ether oxygens (including phenoxy) is 3. The Balaban J connectivity index is 0.00000112. The molecule has 0 aromatic heterocycles. The van der Waals surface area contributed by atoms with E-state index in [0.29, 0.717) is 18.7 Å². The van der Waals surface area contributed by atoms with Crippen molar-refractivity contribution in [3.63, 3.8) is 0 Å². The van der Waals surface area contributed by atoms with Gasteiger partial charge in [-0.25, -0.2) is 0 Å². The SMILES string of the molecule is C=C.COc1ccc(C)c2c1O[C@H]1C(OC)[C@@](C)(C=O)CC3N(C(=O)C4CC4)CCC231. The summed E-state index contributed by atoms with van der Waals surface area (Å²) in [6.07, 6.45) is 3.64. The van der Waals surface area contributed by atoms with Gasteiger partial charge in [0, 0.05) is 31.2 Å². The van der Waals surface area contributed by atoms with Crippen LogP contribution in [0.1, 0.15) is 43.7 Å². The number of likely N-dealkylation sites (tertiary alicyclic amines) is 1. The fourth-order valence-corrected chi connectivity index (χ4v) is 6.26. The molecule has 5 rings (SSSR count). The Morgan fingerprint density at radius 1 is 1.29 bits per heavy atom. The number of carbonyl (C=O) groups is 2. The van der Waals surface area contributed by atoms with E-state index >= 15 is 0 Å². The van der Waals surface area contributed by atoms with Crippen LogP contribution < -0.4 is 9.47 Å². The second-order valence-electron chi connectivity index (χ2n) is 9.42. The third-order valence-corrected chi connectivity index (χ3v) is 7.80. The standard InChI is InChI=1S/C23H29NO5.C2H4/c1-13-5-8-15(27-3)18-17(13)23-9-10-24(21(26)14-6-7-14)16(23)11-22(2,12-25)19(28-4)20(23)29-18;1-2/h5,8,12,14,16,19-20H,6-7,9-11H2,1-4H3;1-2H2/t16?,19?,20-,22+,23?;/m0./s1. The number of aryl methyl sites for hydroxylation is 1. The van der Waals surface area contributed by atoms with Crippen molar-refractivity contribution >= 4 is 12.2 Å². The van der Waals surface area contributed by atoms with Gasteiger partial charge in [0.15, 0.2) is 11.5 Å². The maximum absolute atomic E-state index is 13.2. The lowest BCUT2D eigenvalue weighted by Gasteiger charge is -2.52. The first-order valence-corrected chi connectivity index (χ1v) is 11.1. The Kier molecular flexibility index (Phi) is 5.41. The topological polar surface area (TPSA) is 65.1 Å². The largest absolute Gasteiger partial charge is 0.493 e. The Hall–Kier alpha value is -2.34. The van der Waals surface area contributed by atoms with E-state index in [0.717, 1.165) is 42.4 Å². The first-order valence-electron chi connectivity index (χ1n) is 11.1. The molecule has 2 aliphatic carbocycles. The van der Waals surface area contributed by atoms with Gasteiger partial charge in [0.1, 0.15) is 18.5 Å². The van der Waals surface area contributed by atoms with Crippen molar-refractivity contribution < 1.29 is 23.8 Å². The molecule has 1 aromatic carbocycles. The highest BCUT2D eigenvalue weighted by atomic mass is 16.6. The Labute approximate surface area is 184 Å². The van der Waals surface area contributed by atoms with Gasteiger partial charge in [-0.2, -0.15) is 0 Å². The Morgan fingerprint density at radius 3 is 2.58 bits per heavy atom. The summed E-state index contributed by atoms with van der Waals surface area (Å²) in [6.45, 7) is 10.7. The van der Waals surface area contributed by atoms with Crippen LogP contribution in [0, 0.1) is 18.3 Å². The molecule has 1 saturated heterocycles. The number of amides is 1. The first kappa shape index (κ1) is 21.9. The quantitative estimate of drug-likeness (QED) is 0.544. The fourth-order valence-electron chi connectivity index (χ4n) is 6.26. The van der Waals surface area contributed by atoms with Crippen LogP contribution in [-0.4, -0.2) is 56.1 Å². The maximum Gasteiger partial charge on any atom is 0.225 e. The van der Waals surface area contributed by atoms with Gasteiger partial charge in [-0.05, 0) is 44.2 Å². The van der Waals surface area contributed by atoms with Crippen molar-refractivity contribution in [3.05, 3.63) is 36.4 Å². The number of nitrogens with zero attached hydrogens (tertiary/aromatic N) is 1. The van der Waals surface area contributed by atoms with E-state index in [2.05, 4.69) is 31.0 Å². The maximum atomic E-state index is 13.2. The lowest BCUT2D eigenvalue weighted by molar-refractivity contribution is -0.156. The molecule has 6 heteroatoms. The van der Waals surface area contributed by atoms with Crippen LogP contribution in [0.2, 0.25) is 0 Å². The number of benzene rings is 1. The summed E-state index contributed by atoms with van der Waals surface area (Å²) in [7, 11) is 3.30. The van der Waals surface area contributed by atoms with Crippen molar-refractivity contribution in [1.82, 2.24) is 4.90 Å². The highest BCUT2D eigenvalue weighted by molar-refractivity contribution is 5.82. The number of rotatable bonds is 4. The summed E-state index contributed by atoms with van der Waals surface area (Å²) in [4.78, 5) is 27.5. The molecular weight excluding hydrogens is 394 g/mol. The van der Waals surface area contributed by atoms with Crippen molar-refractivity contribution in [2.75, 3.05) is 20.8 Å². The lowest BCUT2D eigenvalue weighted by atomic mass is 9.56. The van der Waals surface area contributed by atoms with Gasteiger partial charge in [0.2, 0.25) is 5.91 Å².